The molecule has 0 radical (unpaired) electrons. The van der Waals surface area contributed by atoms with Crippen molar-refractivity contribution in [2.75, 3.05) is 45.6 Å². The fourth-order valence-electron chi connectivity index (χ4n) is 3.64. The predicted molar refractivity (Wildman–Crippen MR) is 116 cm³/mol. The van der Waals surface area contributed by atoms with Gasteiger partial charge in [0.1, 0.15) is 5.75 Å². The summed E-state index contributed by atoms with van der Waals surface area (Å²) in [5, 5.41) is 3.44. The van der Waals surface area contributed by atoms with Crippen LogP contribution in [0.5, 0.6) is 5.75 Å². The second-order valence-corrected chi connectivity index (χ2v) is 8.16. The van der Waals surface area contributed by atoms with Crippen LogP contribution in [0, 0.1) is 5.92 Å². The highest BCUT2D eigenvalue weighted by Crippen LogP contribution is 2.29. The van der Waals surface area contributed by atoms with E-state index in [1.54, 1.807) is 17.0 Å². The first-order valence-corrected chi connectivity index (χ1v) is 10.6. The second-order valence-electron chi connectivity index (χ2n) is 7.75. The number of nitrogen functional groups attached to an aromatic ring is 1. The molecule has 3 N–H and O–H groups in total. The highest BCUT2D eigenvalue weighted by Gasteiger charge is 2.24. The van der Waals surface area contributed by atoms with E-state index in [0.29, 0.717) is 27.9 Å². The molecule has 1 aromatic rings. The number of carbonyl (C=O) groups is 2. The summed E-state index contributed by atoms with van der Waals surface area (Å²) in [6, 6.07) is 3.26. The summed E-state index contributed by atoms with van der Waals surface area (Å²) in [4.78, 5) is 27.8. The Hall–Kier alpha value is -1.99. The van der Waals surface area contributed by atoms with Crippen LogP contribution in [0.1, 0.15) is 43.5 Å². The first-order chi connectivity index (χ1) is 13.9. The lowest BCUT2D eigenvalue weighted by Gasteiger charge is -2.34. The summed E-state index contributed by atoms with van der Waals surface area (Å²) < 4.78 is 5.28. The van der Waals surface area contributed by atoms with E-state index in [9.17, 15) is 9.59 Å². The van der Waals surface area contributed by atoms with Crippen molar-refractivity contribution in [3.63, 3.8) is 0 Å². The number of nitrogens with two attached hydrogens (primary N) is 1. The van der Waals surface area contributed by atoms with Crippen LogP contribution in [-0.4, -0.2) is 68.0 Å². The van der Waals surface area contributed by atoms with Gasteiger partial charge in [-0.2, -0.15) is 0 Å². The quantitative estimate of drug-likeness (QED) is 0.445. The summed E-state index contributed by atoms with van der Waals surface area (Å²) in [6.45, 7) is 8.68. The van der Waals surface area contributed by atoms with Crippen molar-refractivity contribution in [2.45, 2.75) is 39.2 Å². The van der Waals surface area contributed by atoms with Gasteiger partial charge in [0.15, 0.2) is 0 Å². The number of carbonyl (C=O) groups excluding carboxylic acids is 2. The lowest BCUT2D eigenvalue weighted by molar-refractivity contribution is -0.118. The molecule has 1 aliphatic heterocycles. The Morgan fingerprint density at radius 3 is 2.72 bits per heavy atom. The third-order valence-corrected chi connectivity index (χ3v) is 5.85. The number of hydrogen-bond donors (Lipinski definition) is 2. The molecule has 0 aromatic heterocycles. The Morgan fingerprint density at radius 2 is 2.14 bits per heavy atom. The molecule has 1 fully saturated rings. The van der Waals surface area contributed by atoms with Crippen molar-refractivity contribution in [3.8, 4) is 5.75 Å². The lowest BCUT2D eigenvalue weighted by Crippen LogP contribution is -2.45. The van der Waals surface area contributed by atoms with E-state index < -0.39 is 0 Å². The maximum Gasteiger partial charge on any atom is 0.255 e. The largest absolute Gasteiger partial charge is 0.496 e. The first-order valence-electron chi connectivity index (χ1n) is 10.2. The van der Waals surface area contributed by atoms with Crippen LogP contribution in [-0.2, 0) is 4.79 Å². The van der Waals surface area contributed by atoms with E-state index in [1.807, 2.05) is 6.92 Å². The van der Waals surface area contributed by atoms with Crippen LogP contribution in [0.15, 0.2) is 12.1 Å². The molecule has 1 heterocycles. The number of anilines is 1. The van der Waals surface area contributed by atoms with Gasteiger partial charge < -0.3 is 25.6 Å². The Morgan fingerprint density at radius 1 is 1.45 bits per heavy atom. The van der Waals surface area contributed by atoms with Crippen molar-refractivity contribution in [2.24, 2.45) is 5.92 Å². The topological polar surface area (TPSA) is 87.9 Å². The Bertz CT molecular complexity index is 693. The van der Waals surface area contributed by atoms with Crippen molar-refractivity contribution in [1.82, 2.24) is 15.1 Å². The smallest absolute Gasteiger partial charge is 0.255 e. The molecule has 7 nitrogen and oxygen atoms in total. The monoisotopic (exact) mass is 424 g/mol. The molecule has 0 aliphatic carbocycles. The molecular weight excluding hydrogens is 392 g/mol. The fourth-order valence-corrected chi connectivity index (χ4v) is 3.81. The van der Waals surface area contributed by atoms with Gasteiger partial charge >= 0.3 is 0 Å². The number of amides is 2. The maximum atomic E-state index is 12.7. The summed E-state index contributed by atoms with van der Waals surface area (Å²) in [6.07, 6.45) is 3.73. The zero-order chi connectivity index (χ0) is 21.4. The minimum absolute atomic E-state index is 0.126. The number of ether oxygens (including phenoxy) is 1. The van der Waals surface area contributed by atoms with Crippen molar-refractivity contribution >= 4 is 29.6 Å². The predicted octanol–water partition coefficient (Wildman–Crippen LogP) is 2.63. The zero-order valence-corrected chi connectivity index (χ0v) is 18.4. The van der Waals surface area contributed by atoms with Crippen LogP contribution in [0.4, 0.5) is 5.69 Å². The van der Waals surface area contributed by atoms with Gasteiger partial charge in [-0.1, -0.05) is 18.5 Å². The molecule has 1 unspecified atom stereocenters. The average Bonchev–Trinajstić information content (AvgIpc) is 2.71. The minimum Gasteiger partial charge on any atom is -0.496 e. The highest BCUT2D eigenvalue weighted by atomic mass is 35.5. The molecule has 29 heavy (non-hydrogen) atoms. The molecular formula is C21H33ClN4O3. The van der Waals surface area contributed by atoms with Crippen LogP contribution >= 0.6 is 11.6 Å². The van der Waals surface area contributed by atoms with Gasteiger partial charge in [-0.25, -0.2) is 0 Å². The number of nitrogens with zero attached hydrogens (tertiary/aromatic N) is 2. The van der Waals surface area contributed by atoms with Gasteiger partial charge in [-0.05, 0) is 38.2 Å². The van der Waals surface area contributed by atoms with Gasteiger partial charge in [-0.15, -0.1) is 0 Å². The SMILES string of the molecule is CCN(C=O)CCC(C)CN1CCC(NC(=O)c2cc(Cl)c(N)cc2OC)CC1. The van der Waals surface area contributed by atoms with Crippen LogP contribution in [0.25, 0.3) is 0 Å². The number of halogens is 1. The van der Waals surface area contributed by atoms with E-state index in [0.717, 1.165) is 58.4 Å². The van der Waals surface area contributed by atoms with Crippen LogP contribution in [0.2, 0.25) is 5.02 Å². The molecule has 8 heteroatoms. The number of benzene rings is 1. The van der Waals surface area contributed by atoms with E-state index in [-0.39, 0.29) is 11.9 Å². The molecule has 0 spiro atoms. The first kappa shape index (κ1) is 23.3. The van der Waals surface area contributed by atoms with E-state index in [2.05, 4.69) is 17.1 Å². The molecule has 0 saturated carbocycles. The number of nitrogens with one attached hydrogen (secondary N) is 1. The molecule has 0 bridgehead atoms. The summed E-state index contributed by atoms with van der Waals surface area (Å²) >= 11 is 6.07. The molecule has 1 atom stereocenters. The Balaban J connectivity index is 1.80. The molecule has 2 rings (SSSR count). The molecule has 1 saturated heterocycles. The standard InChI is InChI=1S/C21H33ClN4O3/c1-4-25(14-27)8-5-15(2)13-26-9-6-16(7-10-26)24-21(28)17-11-18(22)19(23)12-20(17)29-3/h11-12,14-16H,4-10,13,23H2,1-3H3,(H,24,28). The third kappa shape index (κ3) is 6.78. The summed E-state index contributed by atoms with van der Waals surface area (Å²) in [5.41, 5.74) is 6.58. The molecule has 1 aromatic carbocycles. The highest BCUT2D eigenvalue weighted by molar-refractivity contribution is 6.33. The molecule has 2 amide bonds. The average molecular weight is 425 g/mol. The molecule has 162 valence electrons. The van der Waals surface area contributed by atoms with Crippen LogP contribution in [0.3, 0.4) is 0 Å². The van der Waals surface area contributed by atoms with Crippen LogP contribution < -0.4 is 15.8 Å². The van der Waals surface area contributed by atoms with Gasteiger partial charge in [0.05, 0.1) is 23.4 Å². The number of likely N-dealkylation sites (tertiary alicyclic amines) is 1. The number of hydrogen-bond acceptors (Lipinski definition) is 5. The van der Waals surface area contributed by atoms with Crippen molar-refractivity contribution in [1.29, 1.82) is 0 Å². The minimum atomic E-state index is -0.191. The maximum absolute atomic E-state index is 12.7. The number of rotatable bonds is 10. The third-order valence-electron chi connectivity index (χ3n) is 5.52. The number of piperidine rings is 1. The van der Waals surface area contributed by atoms with Gasteiger partial charge in [0.25, 0.3) is 5.91 Å². The van der Waals surface area contributed by atoms with E-state index in [4.69, 9.17) is 22.1 Å². The van der Waals surface area contributed by atoms with E-state index in [1.165, 1.54) is 7.11 Å². The number of methoxy groups -OCH3 is 1. The second kappa shape index (κ2) is 11.3. The summed E-state index contributed by atoms with van der Waals surface area (Å²) in [7, 11) is 1.51. The normalized spacial score (nSPS) is 16.3. The summed E-state index contributed by atoms with van der Waals surface area (Å²) in [5.74, 6) is 0.757. The van der Waals surface area contributed by atoms with Gasteiger partial charge in [-0.3, -0.25) is 9.59 Å². The Labute approximate surface area is 178 Å². The van der Waals surface area contributed by atoms with Crippen molar-refractivity contribution < 1.29 is 14.3 Å². The molecule has 1 aliphatic rings. The zero-order valence-electron chi connectivity index (χ0n) is 17.6. The van der Waals surface area contributed by atoms with Crippen molar-refractivity contribution in [3.05, 3.63) is 22.7 Å². The Kier molecular flexibility index (Phi) is 9.04. The van der Waals surface area contributed by atoms with Gasteiger partial charge in [0.2, 0.25) is 6.41 Å². The lowest BCUT2D eigenvalue weighted by atomic mass is 10.0. The van der Waals surface area contributed by atoms with E-state index >= 15 is 0 Å². The van der Waals surface area contributed by atoms with Gasteiger partial charge in [0, 0.05) is 44.8 Å². The fraction of sp³-hybridized carbons (Fsp3) is 0.619.